The molecule has 10 heteroatoms. The highest BCUT2D eigenvalue weighted by Gasteiger charge is 2.58. The number of aromatic nitrogens is 3. The number of nitrogens with one attached hydrogen (secondary N) is 1. The van der Waals surface area contributed by atoms with E-state index in [0.717, 1.165) is 6.07 Å². The molecule has 2 aromatic heterocycles. The van der Waals surface area contributed by atoms with E-state index in [1.165, 1.54) is 18.5 Å². The largest absolute Gasteiger partial charge is 0.363 e. The van der Waals surface area contributed by atoms with Crippen LogP contribution in [0.1, 0.15) is 56.2 Å². The van der Waals surface area contributed by atoms with Crippen LogP contribution >= 0.6 is 15.9 Å². The molecule has 2 atom stereocenters. The number of nitrogens with zero attached hydrogens (tertiary/aromatic N) is 3. The van der Waals surface area contributed by atoms with Crippen LogP contribution in [-0.4, -0.2) is 20.7 Å². The minimum absolute atomic E-state index is 0.0226. The molecule has 5 nitrogen and oxygen atoms in total. The lowest BCUT2D eigenvalue weighted by Gasteiger charge is -2.40. The third-order valence-electron chi connectivity index (χ3n) is 7.03. The Balaban J connectivity index is 1.59. The molecule has 1 aromatic carbocycles. The Hall–Kier alpha value is -2.49. The third kappa shape index (κ3) is 3.45. The SMILES string of the molecule is CCC(Nc1ncnc2c(Br)c(=O)n(C34CC(F)C(C3)C4)cc12)c1cccc(C(F)F)c1F. The van der Waals surface area contributed by atoms with Gasteiger partial charge in [-0.25, -0.2) is 27.5 Å². The van der Waals surface area contributed by atoms with Gasteiger partial charge in [-0.15, -0.1) is 0 Å². The Morgan fingerprint density at radius 3 is 2.61 bits per heavy atom. The molecule has 2 unspecified atom stereocenters. The fourth-order valence-corrected chi connectivity index (χ4v) is 5.80. The molecule has 3 aliphatic carbocycles. The standard InChI is InChI=1S/C23H21BrF4N4O/c1-2-16(12-4-3-5-13(18(12)26)20(27)28)31-21-14-9-32(23-6-11(7-23)15(25)8-23)22(33)17(24)19(14)29-10-30-21/h3-5,9-11,15-16,20H,2,6-8H2,1H3,(H,29,30,31). The van der Waals surface area contributed by atoms with Crippen molar-refractivity contribution in [3.8, 4) is 0 Å². The van der Waals surface area contributed by atoms with Gasteiger partial charge in [-0.3, -0.25) is 4.79 Å². The van der Waals surface area contributed by atoms with E-state index in [4.69, 9.17) is 0 Å². The van der Waals surface area contributed by atoms with Crippen LogP contribution in [0.4, 0.5) is 23.4 Å². The average Bonchev–Trinajstić information content (AvgIpc) is 3.27. The van der Waals surface area contributed by atoms with Crippen molar-refractivity contribution in [1.29, 1.82) is 0 Å². The monoisotopic (exact) mass is 524 g/mol. The predicted molar refractivity (Wildman–Crippen MR) is 120 cm³/mol. The van der Waals surface area contributed by atoms with Crippen molar-refractivity contribution >= 4 is 32.7 Å². The zero-order valence-corrected chi connectivity index (χ0v) is 19.3. The van der Waals surface area contributed by atoms with Crippen molar-refractivity contribution in [1.82, 2.24) is 14.5 Å². The molecular weight excluding hydrogens is 504 g/mol. The maximum Gasteiger partial charge on any atom is 0.267 e. The summed E-state index contributed by atoms with van der Waals surface area (Å²) in [6.45, 7) is 1.80. The van der Waals surface area contributed by atoms with E-state index in [9.17, 15) is 22.4 Å². The van der Waals surface area contributed by atoms with E-state index >= 15 is 0 Å². The van der Waals surface area contributed by atoms with Crippen LogP contribution in [0, 0.1) is 11.7 Å². The molecule has 2 bridgehead atoms. The van der Waals surface area contributed by atoms with Gasteiger partial charge in [-0.05, 0) is 41.1 Å². The van der Waals surface area contributed by atoms with E-state index in [-0.39, 0.29) is 27.9 Å². The first-order valence-electron chi connectivity index (χ1n) is 10.8. The lowest BCUT2D eigenvalue weighted by molar-refractivity contribution is 0.136. The smallest absolute Gasteiger partial charge is 0.267 e. The van der Waals surface area contributed by atoms with Gasteiger partial charge in [-0.1, -0.05) is 25.1 Å². The quantitative estimate of drug-likeness (QED) is 0.399. The number of halogens is 5. The van der Waals surface area contributed by atoms with Gasteiger partial charge in [0, 0.05) is 18.2 Å². The first-order valence-corrected chi connectivity index (χ1v) is 11.6. The molecule has 3 fully saturated rings. The highest BCUT2D eigenvalue weighted by Crippen LogP contribution is 2.58. The summed E-state index contributed by atoms with van der Waals surface area (Å²) in [5, 5.41) is 3.65. The van der Waals surface area contributed by atoms with Gasteiger partial charge in [0.15, 0.2) is 0 Å². The Kier molecular flexibility index (Phi) is 5.46. The number of fused-ring (bicyclic) bond motifs is 2. The van der Waals surface area contributed by atoms with Crippen LogP contribution in [-0.2, 0) is 5.54 Å². The molecule has 3 aromatic rings. The maximum atomic E-state index is 14.8. The minimum Gasteiger partial charge on any atom is -0.363 e. The summed E-state index contributed by atoms with van der Waals surface area (Å²) in [4.78, 5) is 21.6. The fourth-order valence-electron chi connectivity index (χ4n) is 5.29. The highest BCUT2D eigenvalue weighted by molar-refractivity contribution is 9.10. The van der Waals surface area contributed by atoms with Crippen molar-refractivity contribution in [2.75, 3.05) is 5.32 Å². The Bertz CT molecular complexity index is 1290. The van der Waals surface area contributed by atoms with Crippen molar-refractivity contribution in [3.05, 3.63) is 62.5 Å². The van der Waals surface area contributed by atoms with Crippen molar-refractivity contribution < 1.29 is 17.6 Å². The van der Waals surface area contributed by atoms with E-state index < -0.39 is 35.6 Å². The van der Waals surface area contributed by atoms with Gasteiger partial charge in [-0.2, -0.15) is 0 Å². The second-order valence-corrected chi connectivity index (χ2v) is 9.66. The molecule has 1 N–H and O–H groups in total. The number of hydrogen-bond donors (Lipinski definition) is 1. The Morgan fingerprint density at radius 2 is 1.97 bits per heavy atom. The third-order valence-corrected chi connectivity index (χ3v) is 7.74. The van der Waals surface area contributed by atoms with Gasteiger partial charge < -0.3 is 9.88 Å². The number of hydrogen-bond acceptors (Lipinski definition) is 4. The number of benzene rings is 1. The second-order valence-electron chi connectivity index (χ2n) is 8.87. The molecule has 0 amide bonds. The summed E-state index contributed by atoms with van der Waals surface area (Å²) in [6.07, 6.45) is 0.951. The average molecular weight is 525 g/mol. The Labute approximate surface area is 195 Å². The van der Waals surface area contributed by atoms with Crippen LogP contribution in [0.3, 0.4) is 0 Å². The fraction of sp³-hybridized carbons (Fsp3) is 0.435. The van der Waals surface area contributed by atoms with Gasteiger partial charge in [0.2, 0.25) is 0 Å². The van der Waals surface area contributed by atoms with Crippen molar-refractivity contribution in [2.45, 2.75) is 56.8 Å². The molecule has 0 saturated heterocycles. The van der Waals surface area contributed by atoms with E-state index in [2.05, 4.69) is 31.2 Å². The van der Waals surface area contributed by atoms with Gasteiger partial charge in [0.05, 0.1) is 28.0 Å². The molecule has 2 heterocycles. The molecule has 33 heavy (non-hydrogen) atoms. The summed E-state index contributed by atoms with van der Waals surface area (Å²) in [5.74, 6) is -0.640. The number of rotatable bonds is 6. The number of anilines is 1. The van der Waals surface area contributed by atoms with Crippen LogP contribution < -0.4 is 10.9 Å². The van der Waals surface area contributed by atoms with Crippen LogP contribution in [0.25, 0.3) is 10.9 Å². The minimum atomic E-state index is -2.93. The second kappa shape index (κ2) is 8.07. The van der Waals surface area contributed by atoms with E-state index in [0.29, 0.717) is 36.0 Å². The highest BCUT2D eigenvalue weighted by atomic mass is 79.9. The first-order chi connectivity index (χ1) is 15.8. The zero-order valence-electron chi connectivity index (χ0n) is 17.7. The predicted octanol–water partition coefficient (Wildman–Crippen LogP) is 6.04. The summed E-state index contributed by atoms with van der Waals surface area (Å²) in [6, 6.07) is 3.28. The van der Waals surface area contributed by atoms with Crippen LogP contribution in [0.5, 0.6) is 0 Å². The topological polar surface area (TPSA) is 59.8 Å². The molecule has 0 aliphatic heterocycles. The summed E-state index contributed by atoms with van der Waals surface area (Å²) >= 11 is 3.35. The molecule has 3 aliphatic rings. The molecule has 174 valence electrons. The number of alkyl halides is 3. The summed E-state index contributed by atoms with van der Waals surface area (Å²) < 4.78 is 57.2. The van der Waals surface area contributed by atoms with Crippen LogP contribution in [0.2, 0.25) is 0 Å². The van der Waals surface area contributed by atoms with Gasteiger partial charge >= 0.3 is 0 Å². The first kappa shape index (κ1) is 22.3. The molecule has 3 saturated carbocycles. The normalized spacial score (nSPS) is 24.8. The molecule has 0 radical (unpaired) electrons. The molecular formula is C23H21BrF4N4O. The van der Waals surface area contributed by atoms with E-state index in [1.807, 2.05) is 0 Å². The molecule has 0 spiro atoms. The summed E-state index contributed by atoms with van der Waals surface area (Å²) in [5.41, 5.74) is -1.04. The zero-order chi connectivity index (χ0) is 23.5. The van der Waals surface area contributed by atoms with E-state index in [1.54, 1.807) is 17.7 Å². The lowest BCUT2D eigenvalue weighted by Crippen LogP contribution is -2.45. The van der Waals surface area contributed by atoms with Crippen molar-refractivity contribution in [3.63, 3.8) is 0 Å². The lowest BCUT2D eigenvalue weighted by atomic mass is 9.76. The number of pyridine rings is 1. The Morgan fingerprint density at radius 1 is 1.24 bits per heavy atom. The summed E-state index contributed by atoms with van der Waals surface area (Å²) in [7, 11) is 0. The molecule has 6 rings (SSSR count). The van der Waals surface area contributed by atoms with Gasteiger partial charge in [0.25, 0.3) is 12.0 Å². The maximum absolute atomic E-state index is 14.8. The van der Waals surface area contributed by atoms with Crippen molar-refractivity contribution in [2.24, 2.45) is 5.92 Å². The van der Waals surface area contributed by atoms with Gasteiger partial charge in [0.1, 0.15) is 28.6 Å². The van der Waals surface area contributed by atoms with Crippen LogP contribution in [0.15, 0.2) is 40.0 Å².